The molecule has 1 saturated heterocycles. The van der Waals surface area contributed by atoms with Gasteiger partial charge in [-0.25, -0.2) is 0 Å². The maximum atomic E-state index is 12.3. The van der Waals surface area contributed by atoms with Gasteiger partial charge >= 0.3 is 0 Å². The molecule has 1 heterocycles. The van der Waals surface area contributed by atoms with Crippen LogP contribution in [-0.4, -0.2) is 29.8 Å². The fraction of sp³-hybridized carbons (Fsp3) is 0.385. The minimum Gasteiger partial charge on any atom is -0.369 e. The smallest absolute Gasteiger partial charge is 0.253 e. The zero-order chi connectivity index (χ0) is 14.2. The third-order valence-corrected chi connectivity index (χ3v) is 4.74. The van der Waals surface area contributed by atoms with Crippen LogP contribution in [0.1, 0.15) is 23.7 Å². The van der Waals surface area contributed by atoms with Crippen LogP contribution < -0.4 is 5.73 Å². The fourth-order valence-electron chi connectivity index (χ4n) is 2.15. The molecule has 2 rings (SSSR count). The Kier molecular flexibility index (Phi) is 3.87. The molecule has 2 amide bonds. The van der Waals surface area contributed by atoms with Crippen LogP contribution in [0.25, 0.3) is 0 Å². The van der Waals surface area contributed by atoms with Crippen molar-refractivity contribution in [1.29, 1.82) is 0 Å². The van der Waals surface area contributed by atoms with Crippen molar-refractivity contribution in [3.63, 3.8) is 0 Å². The highest BCUT2D eigenvalue weighted by atomic mass is 79.9. The molecule has 0 aromatic heterocycles. The van der Waals surface area contributed by atoms with E-state index >= 15 is 0 Å². The van der Waals surface area contributed by atoms with Gasteiger partial charge in [0, 0.05) is 23.1 Å². The van der Waals surface area contributed by atoms with E-state index in [1.807, 2.05) is 0 Å². The quantitative estimate of drug-likeness (QED) is 0.895. The van der Waals surface area contributed by atoms with Gasteiger partial charge in [0.1, 0.15) is 0 Å². The molecule has 1 unspecified atom stereocenters. The molecule has 1 aliphatic heterocycles. The molecule has 0 saturated carbocycles. The summed E-state index contributed by atoms with van der Waals surface area (Å²) >= 11 is 9.19. The second-order valence-electron chi connectivity index (χ2n) is 5.03. The Labute approximate surface area is 125 Å². The lowest BCUT2D eigenvalue weighted by Gasteiger charge is -2.21. The highest BCUT2D eigenvalue weighted by molar-refractivity contribution is 9.10. The summed E-state index contributed by atoms with van der Waals surface area (Å²) < 4.78 is 0.678. The Hall–Kier alpha value is -1.07. The minimum atomic E-state index is -0.626. The number of likely N-dealkylation sites (tertiary alicyclic amines) is 1. The molecule has 0 spiro atoms. The number of amides is 2. The molecule has 1 aromatic carbocycles. The summed E-state index contributed by atoms with van der Waals surface area (Å²) in [6.07, 6.45) is 0.600. The summed E-state index contributed by atoms with van der Waals surface area (Å²) in [7, 11) is 0. The molecular weight excluding hydrogens is 332 g/mol. The van der Waals surface area contributed by atoms with Crippen LogP contribution in [-0.2, 0) is 4.79 Å². The molecule has 0 aliphatic carbocycles. The van der Waals surface area contributed by atoms with Crippen LogP contribution in [0, 0.1) is 5.41 Å². The van der Waals surface area contributed by atoms with E-state index in [1.54, 1.807) is 30.0 Å². The van der Waals surface area contributed by atoms with E-state index < -0.39 is 5.41 Å². The lowest BCUT2D eigenvalue weighted by Crippen LogP contribution is -2.38. The van der Waals surface area contributed by atoms with Crippen molar-refractivity contribution in [1.82, 2.24) is 4.90 Å². The van der Waals surface area contributed by atoms with E-state index in [4.69, 9.17) is 17.3 Å². The first-order chi connectivity index (χ1) is 8.83. The van der Waals surface area contributed by atoms with Crippen LogP contribution >= 0.6 is 27.5 Å². The molecule has 19 heavy (non-hydrogen) atoms. The van der Waals surface area contributed by atoms with E-state index in [9.17, 15) is 9.59 Å². The SMILES string of the molecule is CC1(C(N)=O)CCN(C(=O)c2ccc(Cl)c(Br)c2)C1. The Morgan fingerprint density at radius 1 is 1.47 bits per heavy atom. The number of carbonyl (C=O) groups excluding carboxylic acids is 2. The van der Waals surface area contributed by atoms with Crippen LogP contribution in [0.3, 0.4) is 0 Å². The monoisotopic (exact) mass is 344 g/mol. The third-order valence-electron chi connectivity index (χ3n) is 3.52. The molecule has 4 nitrogen and oxygen atoms in total. The molecule has 1 aromatic rings. The Morgan fingerprint density at radius 3 is 2.68 bits per heavy atom. The van der Waals surface area contributed by atoms with Crippen LogP contribution in [0.2, 0.25) is 5.02 Å². The number of carbonyl (C=O) groups is 2. The number of primary amides is 1. The summed E-state index contributed by atoms with van der Waals surface area (Å²) in [6, 6.07) is 5.03. The Morgan fingerprint density at radius 2 is 2.16 bits per heavy atom. The highest BCUT2D eigenvalue weighted by Gasteiger charge is 2.40. The zero-order valence-electron chi connectivity index (χ0n) is 10.5. The Balaban J connectivity index is 2.18. The van der Waals surface area contributed by atoms with Gasteiger partial charge < -0.3 is 10.6 Å². The predicted octanol–water partition coefficient (Wildman–Crippen LogP) is 2.44. The van der Waals surface area contributed by atoms with Crippen molar-refractivity contribution in [2.75, 3.05) is 13.1 Å². The molecule has 1 atom stereocenters. The van der Waals surface area contributed by atoms with Crippen LogP contribution in [0.15, 0.2) is 22.7 Å². The lowest BCUT2D eigenvalue weighted by atomic mass is 9.89. The van der Waals surface area contributed by atoms with Crippen molar-refractivity contribution in [2.45, 2.75) is 13.3 Å². The third kappa shape index (κ3) is 2.77. The van der Waals surface area contributed by atoms with E-state index in [0.717, 1.165) is 0 Å². The van der Waals surface area contributed by atoms with Gasteiger partial charge in [0.25, 0.3) is 5.91 Å². The number of rotatable bonds is 2. The first-order valence-electron chi connectivity index (χ1n) is 5.88. The minimum absolute atomic E-state index is 0.109. The number of hydrogen-bond acceptors (Lipinski definition) is 2. The summed E-state index contributed by atoms with van der Waals surface area (Å²) in [6.45, 7) is 2.69. The second kappa shape index (κ2) is 5.13. The topological polar surface area (TPSA) is 63.4 Å². The van der Waals surface area contributed by atoms with Gasteiger partial charge in [-0.15, -0.1) is 0 Å². The van der Waals surface area contributed by atoms with Gasteiger partial charge in [0.15, 0.2) is 0 Å². The van der Waals surface area contributed by atoms with Crippen molar-refractivity contribution in [3.05, 3.63) is 33.3 Å². The van der Waals surface area contributed by atoms with Gasteiger partial charge in [-0.05, 0) is 47.5 Å². The molecule has 0 bridgehead atoms. The number of nitrogens with zero attached hydrogens (tertiary/aromatic N) is 1. The molecule has 6 heteroatoms. The molecule has 102 valence electrons. The standard InChI is InChI=1S/C13H14BrClN2O2/c1-13(12(16)19)4-5-17(7-13)11(18)8-2-3-10(15)9(14)6-8/h2-3,6H,4-5,7H2,1H3,(H2,16,19). The van der Waals surface area contributed by atoms with E-state index in [1.165, 1.54) is 0 Å². The summed E-state index contributed by atoms with van der Waals surface area (Å²) in [5.74, 6) is -0.470. The van der Waals surface area contributed by atoms with E-state index in [0.29, 0.717) is 34.6 Å². The van der Waals surface area contributed by atoms with Crippen molar-refractivity contribution < 1.29 is 9.59 Å². The highest BCUT2D eigenvalue weighted by Crippen LogP contribution is 2.31. The lowest BCUT2D eigenvalue weighted by molar-refractivity contribution is -0.126. The molecule has 2 N–H and O–H groups in total. The van der Waals surface area contributed by atoms with Gasteiger partial charge in [-0.1, -0.05) is 11.6 Å². The van der Waals surface area contributed by atoms with Crippen LogP contribution in [0.5, 0.6) is 0 Å². The molecule has 0 radical (unpaired) electrons. The van der Waals surface area contributed by atoms with Gasteiger partial charge in [0.05, 0.1) is 10.4 Å². The number of nitrogens with two attached hydrogens (primary N) is 1. The van der Waals surface area contributed by atoms with Gasteiger partial charge in [-0.2, -0.15) is 0 Å². The summed E-state index contributed by atoms with van der Waals surface area (Å²) in [5, 5.41) is 0.556. The summed E-state index contributed by atoms with van der Waals surface area (Å²) in [4.78, 5) is 25.4. The van der Waals surface area contributed by atoms with E-state index in [-0.39, 0.29) is 11.8 Å². The largest absolute Gasteiger partial charge is 0.369 e. The van der Waals surface area contributed by atoms with Crippen molar-refractivity contribution in [2.24, 2.45) is 11.1 Å². The second-order valence-corrected chi connectivity index (χ2v) is 6.29. The fourth-order valence-corrected chi connectivity index (χ4v) is 2.64. The zero-order valence-corrected chi connectivity index (χ0v) is 12.8. The Bertz CT molecular complexity index is 549. The predicted molar refractivity (Wildman–Crippen MR) is 77.0 cm³/mol. The van der Waals surface area contributed by atoms with Gasteiger partial charge in [-0.3, -0.25) is 9.59 Å². The number of benzene rings is 1. The average Bonchev–Trinajstić information content (AvgIpc) is 2.76. The molecule has 1 aliphatic rings. The normalized spacial score (nSPS) is 22.6. The van der Waals surface area contributed by atoms with Crippen LogP contribution in [0.4, 0.5) is 0 Å². The number of halogens is 2. The molecule has 1 fully saturated rings. The average molecular weight is 346 g/mol. The molecular formula is C13H14BrClN2O2. The number of hydrogen-bond donors (Lipinski definition) is 1. The first kappa shape index (κ1) is 14.3. The summed E-state index contributed by atoms with van der Waals surface area (Å²) in [5.41, 5.74) is 5.30. The van der Waals surface area contributed by atoms with Crippen molar-refractivity contribution >= 4 is 39.3 Å². The van der Waals surface area contributed by atoms with E-state index in [2.05, 4.69) is 15.9 Å². The van der Waals surface area contributed by atoms with Crippen molar-refractivity contribution in [3.8, 4) is 0 Å². The first-order valence-corrected chi connectivity index (χ1v) is 7.05. The maximum Gasteiger partial charge on any atom is 0.253 e. The van der Waals surface area contributed by atoms with Gasteiger partial charge in [0.2, 0.25) is 5.91 Å². The maximum absolute atomic E-state index is 12.3.